The van der Waals surface area contributed by atoms with Gasteiger partial charge in [-0.15, -0.1) is 0 Å². The summed E-state index contributed by atoms with van der Waals surface area (Å²) in [4.78, 5) is 12.1. The van der Waals surface area contributed by atoms with Gasteiger partial charge in [0.1, 0.15) is 5.69 Å². The Hall–Kier alpha value is -1.36. The molecule has 0 saturated heterocycles. The molecule has 17 heavy (non-hydrogen) atoms. The van der Waals surface area contributed by atoms with Crippen LogP contribution in [0.4, 0.5) is 0 Å². The molecule has 0 radical (unpaired) electrons. The molecule has 96 valence electrons. The fourth-order valence-electron chi connectivity index (χ4n) is 1.43. The molecule has 0 saturated carbocycles. The van der Waals surface area contributed by atoms with Crippen LogP contribution in [0, 0.1) is 6.92 Å². The first-order valence-electron chi connectivity index (χ1n) is 5.83. The van der Waals surface area contributed by atoms with Crippen LogP contribution < -0.4 is 5.32 Å². The lowest BCUT2D eigenvalue weighted by Gasteiger charge is -2.29. The summed E-state index contributed by atoms with van der Waals surface area (Å²) in [5.41, 5.74) is 0.680. The molecule has 1 heterocycles. The van der Waals surface area contributed by atoms with Crippen LogP contribution in [0.25, 0.3) is 0 Å². The number of nitrogens with one attached hydrogen (secondary N) is 1. The molecule has 1 unspecified atom stereocenters. The summed E-state index contributed by atoms with van der Waals surface area (Å²) in [7, 11) is 0. The summed E-state index contributed by atoms with van der Waals surface area (Å²) < 4.78 is 1.66. The van der Waals surface area contributed by atoms with Gasteiger partial charge in [0.15, 0.2) is 0 Å². The number of amides is 1. The summed E-state index contributed by atoms with van der Waals surface area (Å²) in [5.74, 6) is -0.210. The Morgan fingerprint density at radius 2 is 2.24 bits per heavy atom. The second kappa shape index (κ2) is 4.87. The number of hydrogen-bond donors (Lipinski definition) is 2. The van der Waals surface area contributed by atoms with E-state index in [1.54, 1.807) is 31.5 Å². The molecule has 0 aliphatic carbocycles. The number of aromatic nitrogens is 2. The van der Waals surface area contributed by atoms with Gasteiger partial charge in [-0.25, -0.2) is 0 Å². The molecule has 0 aliphatic rings. The highest BCUT2D eigenvalue weighted by Crippen LogP contribution is 2.11. The summed E-state index contributed by atoms with van der Waals surface area (Å²) in [6.07, 6.45) is -0.620. The maximum Gasteiger partial charge on any atom is 0.270 e. The van der Waals surface area contributed by atoms with E-state index in [2.05, 4.69) is 10.4 Å². The van der Waals surface area contributed by atoms with E-state index in [-0.39, 0.29) is 5.91 Å². The summed E-state index contributed by atoms with van der Waals surface area (Å²) in [6.45, 7) is 9.66. The van der Waals surface area contributed by atoms with Crippen molar-refractivity contribution in [3.8, 4) is 0 Å². The third kappa shape index (κ3) is 3.06. The van der Waals surface area contributed by atoms with Crippen LogP contribution in [-0.2, 0) is 6.54 Å². The van der Waals surface area contributed by atoms with Gasteiger partial charge in [0.05, 0.1) is 17.3 Å². The number of rotatable bonds is 4. The van der Waals surface area contributed by atoms with Gasteiger partial charge in [-0.1, -0.05) is 0 Å². The lowest BCUT2D eigenvalue weighted by atomic mass is 9.98. The Morgan fingerprint density at radius 3 is 2.71 bits per heavy atom. The zero-order chi connectivity index (χ0) is 13.2. The summed E-state index contributed by atoms with van der Waals surface area (Å²) >= 11 is 0. The molecule has 5 heteroatoms. The third-order valence-electron chi connectivity index (χ3n) is 2.91. The molecule has 0 aromatic carbocycles. The Labute approximate surface area is 102 Å². The molecule has 1 rings (SSSR count). The van der Waals surface area contributed by atoms with Gasteiger partial charge in [0.25, 0.3) is 5.91 Å². The van der Waals surface area contributed by atoms with Gasteiger partial charge in [-0.2, -0.15) is 5.10 Å². The molecule has 5 nitrogen and oxygen atoms in total. The second-order valence-corrected chi connectivity index (χ2v) is 4.84. The molecule has 1 amide bonds. The topological polar surface area (TPSA) is 67.2 Å². The third-order valence-corrected chi connectivity index (χ3v) is 2.91. The lowest BCUT2D eigenvalue weighted by molar-refractivity contribution is 0.0701. The molecule has 0 bridgehead atoms. The minimum Gasteiger partial charge on any atom is -0.391 e. The van der Waals surface area contributed by atoms with Crippen molar-refractivity contribution in [3.05, 3.63) is 17.5 Å². The first kappa shape index (κ1) is 13.7. The van der Waals surface area contributed by atoms with Crippen LogP contribution >= 0.6 is 0 Å². The number of aryl methyl sites for hydroxylation is 2. The second-order valence-electron chi connectivity index (χ2n) is 4.84. The molecular formula is C12H21N3O2. The van der Waals surface area contributed by atoms with Gasteiger partial charge in [-0.05, 0) is 40.7 Å². The Balaban J connectivity index is 2.90. The van der Waals surface area contributed by atoms with Crippen molar-refractivity contribution < 1.29 is 9.90 Å². The van der Waals surface area contributed by atoms with E-state index in [1.165, 1.54) is 0 Å². The standard InChI is InChI=1S/C12H21N3O2/c1-6-15-10(7-8(2)14-15)11(17)13-12(4,5)9(3)16/h7,9,16H,6H2,1-5H3,(H,13,17). The number of hydrogen-bond acceptors (Lipinski definition) is 3. The maximum atomic E-state index is 12.1. The van der Waals surface area contributed by atoms with Gasteiger partial charge < -0.3 is 10.4 Å². The minimum absolute atomic E-state index is 0.210. The van der Waals surface area contributed by atoms with E-state index in [1.807, 2.05) is 13.8 Å². The molecule has 1 aromatic heterocycles. The molecule has 2 N–H and O–H groups in total. The monoisotopic (exact) mass is 239 g/mol. The van der Waals surface area contributed by atoms with Crippen molar-refractivity contribution in [1.82, 2.24) is 15.1 Å². The summed E-state index contributed by atoms with van der Waals surface area (Å²) in [6, 6.07) is 1.75. The van der Waals surface area contributed by atoms with Crippen LogP contribution in [0.3, 0.4) is 0 Å². The highest BCUT2D eigenvalue weighted by atomic mass is 16.3. The Kier molecular flexibility index (Phi) is 3.93. The molecular weight excluding hydrogens is 218 g/mol. The lowest BCUT2D eigenvalue weighted by Crippen LogP contribution is -2.51. The fraction of sp³-hybridized carbons (Fsp3) is 0.667. The fourth-order valence-corrected chi connectivity index (χ4v) is 1.43. The van der Waals surface area contributed by atoms with Crippen molar-refractivity contribution in [2.45, 2.75) is 52.8 Å². The zero-order valence-electron chi connectivity index (χ0n) is 11.1. The normalized spacial score (nSPS) is 13.5. The van der Waals surface area contributed by atoms with E-state index in [9.17, 15) is 9.90 Å². The Bertz CT molecular complexity index is 408. The quantitative estimate of drug-likeness (QED) is 0.826. The van der Waals surface area contributed by atoms with Crippen LogP contribution in [0.15, 0.2) is 6.07 Å². The van der Waals surface area contributed by atoms with Crippen molar-refractivity contribution in [2.24, 2.45) is 0 Å². The van der Waals surface area contributed by atoms with Crippen molar-refractivity contribution >= 4 is 5.91 Å². The predicted octanol–water partition coefficient (Wildman–Crippen LogP) is 1.10. The van der Waals surface area contributed by atoms with Crippen LogP contribution in [0.1, 0.15) is 43.9 Å². The zero-order valence-corrected chi connectivity index (χ0v) is 11.1. The summed E-state index contributed by atoms with van der Waals surface area (Å²) in [5, 5.41) is 16.6. The van der Waals surface area contributed by atoms with Crippen LogP contribution in [-0.4, -0.2) is 32.4 Å². The smallest absolute Gasteiger partial charge is 0.270 e. The van der Waals surface area contributed by atoms with Crippen LogP contribution in [0.2, 0.25) is 0 Å². The minimum atomic E-state index is -0.659. The largest absolute Gasteiger partial charge is 0.391 e. The highest BCUT2D eigenvalue weighted by molar-refractivity contribution is 5.93. The van der Waals surface area contributed by atoms with Crippen molar-refractivity contribution in [1.29, 1.82) is 0 Å². The van der Waals surface area contributed by atoms with Crippen molar-refractivity contribution in [2.75, 3.05) is 0 Å². The predicted molar refractivity (Wildman–Crippen MR) is 65.9 cm³/mol. The Morgan fingerprint density at radius 1 is 1.65 bits per heavy atom. The van der Waals surface area contributed by atoms with Crippen molar-refractivity contribution in [3.63, 3.8) is 0 Å². The van der Waals surface area contributed by atoms with E-state index in [4.69, 9.17) is 0 Å². The maximum absolute atomic E-state index is 12.1. The van der Waals surface area contributed by atoms with E-state index in [0.717, 1.165) is 5.69 Å². The van der Waals surface area contributed by atoms with E-state index < -0.39 is 11.6 Å². The van der Waals surface area contributed by atoms with Crippen LogP contribution in [0.5, 0.6) is 0 Å². The highest BCUT2D eigenvalue weighted by Gasteiger charge is 2.27. The number of aliphatic hydroxyl groups excluding tert-OH is 1. The average molecular weight is 239 g/mol. The molecule has 1 atom stereocenters. The first-order valence-corrected chi connectivity index (χ1v) is 5.83. The van der Waals surface area contributed by atoms with Gasteiger partial charge in [0.2, 0.25) is 0 Å². The van der Waals surface area contributed by atoms with E-state index in [0.29, 0.717) is 12.2 Å². The van der Waals surface area contributed by atoms with Gasteiger partial charge in [-0.3, -0.25) is 9.48 Å². The van der Waals surface area contributed by atoms with Gasteiger partial charge >= 0.3 is 0 Å². The molecule has 1 aromatic rings. The average Bonchev–Trinajstić information content (AvgIpc) is 2.58. The number of aliphatic hydroxyl groups is 1. The number of carbonyl (C=O) groups is 1. The molecule has 0 spiro atoms. The van der Waals surface area contributed by atoms with E-state index >= 15 is 0 Å². The SMILES string of the molecule is CCn1nc(C)cc1C(=O)NC(C)(C)C(C)O. The van der Waals surface area contributed by atoms with Gasteiger partial charge in [0, 0.05) is 6.54 Å². The molecule has 0 aliphatic heterocycles. The number of carbonyl (C=O) groups excluding carboxylic acids is 1. The number of nitrogens with zero attached hydrogens (tertiary/aromatic N) is 2. The first-order chi connectivity index (χ1) is 7.77. The molecule has 0 fully saturated rings.